The topological polar surface area (TPSA) is 119 Å². The average Bonchev–Trinajstić information content (AvgIpc) is 3.66. The summed E-state index contributed by atoms with van der Waals surface area (Å²) in [5.41, 5.74) is 4.80. The second-order valence-corrected chi connectivity index (χ2v) is 14.6. The molecule has 0 saturated carbocycles. The number of benzene rings is 3. The molecule has 0 atom stereocenters. The van der Waals surface area contributed by atoms with Gasteiger partial charge in [-0.2, -0.15) is 0 Å². The summed E-state index contributed by atoms with van der Waals surface area (Å²) in [5.74, 6) is -0.611. The van der Waals surface area contributed by atoms with Gasteiger partial charge in [-0.15, -0.1) is 0 Å². The summed E-state index contributed by atoms with van der Waals surface area (Å²) in [5, 5.41) is 4.67. The molecule has 0 fully saturated rings. The predicted molar refractivity (Wildman–Crippen MR) is 190 cm³/mol. The number of carbonyl (C=O) groups excluding carboxylic acids is 2. The Bertz CT molecular complexity index is 2030. The lowest BCUT2D eigenvalue weighted by atomic mass is 10.0. The first-order chi connectivity index (χ1) is 22.9. The molecule has 2 N–H and O–H groups in total. The zero-order valence-electron chi connectivity index (χ0n) is 26.9. The van der Waals surface area contributed by atoms with Crippen molar-refractivity contribution in [3.05, 3.63) is 117 Å². The highest BCUT2D eigenvalue weighted by molar-refractivity contribution is 7.92. The Hall–Kier alpha value is -4.25. The quantitative estimate of drug-likeness (QED) is 0.0894. The molecule has 2 heterocycles. The number of methoxy groups -OCH3 is 1. The number of halogens is 2. The van der Waals surface area contributed by atoms with Crippen LogP contribution in [0.3, 0.4) is 0 Å². The number of fused-ring (bicyclic) bond motifs is 1. The minimum absolute atomic E-state index is 0.141. The van der Waals surface area contributed by atoms with Gasteiger partial charge >= 0.3 is 0 Å². The van der Waals surface area contributed by atoms with E-state index in [4.69, 9.17) is 32.7 Å². The van der Waals surface area contributed by atoms with E-state index in [0.29, 0.717) is 58.6 Å². The third-order valence-corrected chi connectivity index (χ3v) is 10.4. The van der Waals surface area contributed by atoms with Crippen molar-refractivity contribution in [2.75, 3.05) is 31.8 Å². The number of aromatic nitrogens is 2. The molecule has 0 aliphatic heterocycles. The number of amides is 1. The molecule has 252 valence electrons. The fraction of sp³-hybridized carbons (Fsp3) is 0.278. The van der Waals surface area contributed by atoms with Crippen LogP contribution in [-0.4, -0.2) is 61.4 Å². The molecule has 2 aromatic heterocycles. The van der Waals surface area contributed by atoms with E-state index in [1.807, 2.05) is 56.3 Å². The highest BCUT2D eigenvalue weighted by atomic mass is 35.5. The number of nitrogens with zero attached hydrogens (tertiary/aromatic N) is 1. The van der Waals surface area contributed by atoms with Gasteiger partial charge in [0.05, 0.1) is 25.2 Å². The Morgan fingerprint density at radius 3 is 2.40 bits per heavy atom. The number of rotatable bonds is 15. The maximum absolute atomic E-state index is 13.5. The monoisotopic (exact) mass is 709 g/mol. The van der Waals surface area contributed by atoms with Crippen molar-refractivity contribution in [3.63, 3.8) is 0 Å². The van der Waals surface area contributed by atoms with Crippen molar-refractivity contribution in [3.8, 4) is 11.5 Å². The van der Waals surface area contributed by atoms with Crippen LogP contribution in [-0.2, 0) is 22.8 Å². The van der Waals surface area contributed by atoms with Crippen LogP contribution in [0.1, 0.15) is 49.7 Å². The number of Topliss-reactive ketones (excluding diaryl/α,β-unsaturated/α-hetero) is 1. The van der Waals surface area contributed by atoms with Crippen molar-refractivity contribution < 1.29 is 27.5 Å². The van der Waals surface area contributed by atoms with E-state index in [1.54, 1.807) is 42.1 Å². The summed E-state index contributed by atoms with van der Waals surface area (Å²) < 4.78 is 39.1. The Morgan fingerprint density at radius 1 is 0.958 bits per heavy atom. The third kappa shape index (κ3) is 8.61. The molecule has 1 amide bonds. The van der Waals surface area contributed by atoms with Gasteiger partial charge in [-0.05, 0) is 97.5 Å². The Labute approximate surface area is 290 Å². The van der Waals surface area contributed by atoms with E-state index >= 15 is 0 Å². The van der Waals surface area contributed by atoms with Gasteiger partial charge in [0.2, 0.25) is 0 Å². The van der Waals surface area contributed by atoms with Crippen molar-refractivity contribution in [2.45, 2.75) is 33.2 Å². The van der Waals surface area contributed by atoms with Crippen LogP contribution in [0.2, 0.25) is 10.0 Å². The van der Waals surface area contributed by atoms with Crippen molar-refractivity contribution in [1.29, 1.82) is 0 Å². The molecule has 48 heavy (non-hydrogen) atoms. The normalized spacial score (nSPS) is 11.5. The van der Waals surface area contributed by atoms with E-state index in [0.717, 1.165) is 27.8 Å². The first-order valence-electron chi connectivity index (χ1n) is 15.4. The number of nitrogens with one attached hydrogen (secondary N) is 2. The maximum Gasteiger partial charge on any atom is 0.267 e. The smallest absolute Gasteiger partial charge is 0.267 e. The third-order valence-electron chi connectivity index (χ3n) is 8.02. The van der Waals surface area contributed by atoms with E-state index in [2.05, 4.69) is 10.3 Å². The maximum atomic E-state index is 13.5. The molecule has 0 spiro atoms. The van der Waals surface area contributed by atoms with E-state index < -0.39 is 33.0 Å². The summed E-state index contributed by atoms with van der Waals surface area (Å²) in [7, 11) is -2.26. The van der Waals surface area contributed by atoms with E-state index in [9.17, 15) is 18.0 Å². The number of hydrogen-bond acceptors (Lipinski definition) is 6. The van der Waals surface area contributed by atoms with Crippen LogP contribution in [0.25, 0.3) is 10.9 Å². The van der Waals surface area contributed by atoms with Gasteiger partial charge in [0.1, 0.15) is 22.9 Å². The summed E-state index contributed by atoms with van der Waals surface area (Å²) >= 11 is 12.5. The highest BCUT2D eigenvalue weighted by Gasteiger charge is 2.24. The molecule has 0 bridgehead atoms. The van der Waals surface area contributed by atoms with Crippen LogP contribution >= 0.6 is 23.2 Å². The Kier molecular flexibility index (Phi) is 11.2. The molecule has 12 heteroatoms. The number of aromatic amines is 1. The van der Waals surface area contributed by atoms with Crippen LogP contribution < -0.4 is 14.8 Å². The Morgan fingerprint density at radius 2 is 1.69 bits per heavy atom. The van der Waals surface area contributed by atoms with Gasteiger partial charge in [0.15, 0.2) is 15.6 Å². The van der Waals surface area contributed by atoms with Crippen LogP contribution in [0, 0.1) is 13.8 Å². The number of hydrogen-bond donors (Lipinski definition) is 2. The van der Waals surface area contributed by atoms with Crippen LogP contribution in [0.4, 0.5) is 0 Å². The van der Waals surface area contributed by atoms with Gasteiger partial charge in [0.25, 0.3) is 5.91 Å². The Balaban J connectivity index is 1.19. The largest absolute Gasteiger partial charge is 0.497 e. The lowest BCUT2D eigenvalue weighted by molar-refractivity contribution is 0.0946. The second-order valence-electron chi connectivity index (χ2n) is 11.6. The first kappa shape index (κ1) is 35.1. The molecule has 0 aliphatic carbocycles. The molecular weight excluding hydrogens is 673 g/mol. The van der Waals surface area contributed by atoms with Gasteiger partial charge in [-0.3, -0.25) is 9.59 Å². The molecule has 0 radical (unpaired) electrons. The fourth-order valence-corrected chi connectivity index (χ4v) is 6.98. The lowest BCUT2D eigenvalue weighted by Gasteiger charge is -2.11. The average molecular weight is 711 g/mol. The van der Waals surface area contributed by atoms with Gasteiger partial charge in [-0.25, -0.2) is 8.42 Å². The van der Waals surface area contributed by atoms with Gasteiger partial charge in [0, 0.05) is 40.2 Å². The van der Waals surface area contributed by atoms with Crippen molar-refractivity contribution in [1.82, 2.24) is 14.9 Å². The number of aryl methyl sites for hydroxylation is 3. The number of sulfone groups is 1. The summed E-state index contributed by atoms with van der Waals surface area (Å²) in [6.07, 6.45) is 2.83. The molecule has 9 nitrogen and oxygen atoms in total. The zero-order chi connectivity index (χ0) is 34.4. The molecule has 0 unspecified atom stereocenters. The molecule has 0 aliphatic rings. The minimum Gasteiger partial charge on any atom is -0.497 e. The lowest BCUT2D eigenvalue weighted by Crippen LogP contribution is -2.32. The minimum atomic E-state index is -3.86. The van der Waals surface area contributed by atoms with Crippen LogP contribution in [0.5, 0.6) is 11.5 Å². The van der Waals surface area contributed by atoms with Gasteiger partial charge in [-0.1, -0.05) is 41.4 Å². The number of carbonyl (C=O) groups is 2. The summed E-state index contributed by atoms with van der Waals surface area (Å²) in [4.78, 5) is 29.5. The number of ether oxygens (including phenoxy) is 2. The molecule has 0 saturated heterocycles. The molecular formula is C36H37Cl2N3O6S. The molecule has 5 aromatic rings. The standard InChI is InChI=1S/C36H37Cl2N3O6S/c1-23-18-28(19-24(2)34(23)38)47-16-5-6-30-29-13-10-26(37)20-31(29)40-35(30)33(42)22-48(44,45)17-14-39-36(43)32-7-4-15-41(32)21-25-8-11-27(46-3)12-9-25/h4,7-13,15,18-20,40H,5-6,14,16-17,21-22H2,1-3H3,(H,39,43). The summed E-state index contributed by atoms with van der Waals surface area (Å²) in [6.45, 7) is 4.54. The molecule has 5 rings (SSSR count). The van der Waals surface area contributed by atoms with E-state index in [1.165, 1.54) is 0 Å². The SMILES string of the molecule is COc1ccc(Cn2cccc2C(=O)NCCS(=O)(=O)CC(=O)c2[nH]c3cc(Cl)ccc3c2CCCOc2cc(C)c(Cl)c(C)c2)cc1. The van der Waals surface area contributed by atoms with Crippen molar-refractivity contribution >= 4 is 55.6 Å². The molecule has 3 aromatic carbocycles. The second kappa shape index (κ2) is 15.3. The van der Waals surface area contributed by atoms with Gasteiger partial charge < -0.3 is 24.3 Å². The zero-order valence-corrected chi connectivity index (χ0v) is 29.3. The van der Waals surface area contributed by atoms with Crippen molar-refractivity contribution in [2.24, 2.45) is 0 Å². The fourth-order valence-electron chi connectivity index (χ4n) is 5.59. The van der Waals surface area contributed by atoms with E-state index in [-0.39, 0.29) is 12.2 Å². The number of ketones is 1. The predicted octanol–water partition coefficient (Wildman–Crippen LogP) is 6.99. The summed E-state index contributed by atoms with van der Waals surface area (Å²) in [6, 6.07) is 20.0. The highest BCUT2D eigenvalue weighted by Crippen LogP contribution is 2.29. The number of H-pyrrole nitrogens is 1. The van der Waals surface area contributed by atoms with Crippen LogP contribution in [0.15, 0.2) is 72.9 Å². The first-order valence-corrected chi connectivity index (χ1v) is 18.0.